The molecule has 2 nitrogen and oxygen atoms in total. The van der Waals surface area contributed by atoms with E-state index in [9.17, 15) is 0 Å². The molecule has 1 aromatic heterocycles. The van der Waals surface area contributed by atoms with Gasteiger partial charge in [0.2, 0.25) is 0 Å². The molecule has 0 bridgehead atoms. The zero-order valence-electron chi connectivity index (χ0n) is 28.5. The number of aromatic nitrogens is 1. The Morgan fingerprint density at radius 2 is 0.962 bits per heavy atom. The summed E-state index contributed by atoms with van der Waals surface area (Å²) in [6.07, 6.45) is 9.21. The van der Waals surface area contributed by atoms with Crippen LogP contribution < -0.4 is 4.90 Å². The normalized spacial score (nSPS) is 16.3. The number of fused-ring (bicyclic) bond motifs is 9. The average molecular weight is 663 g/mol. The fourth-order valence-corrected chi connectivity index (χ4v) is 8.82. The lowest BCUT2D eigenvalue weighted by Gasteiger charge is -2.28. The molecule has 244 valence electrons. The van der Waals surface area contributed by atoms with Crippen LogP contribution in [0.1, 0.15) is 11.5 Å². The van der Waals surface area contributed by atoms with Crippen LogP contribution in [0, 0.1) is 0 Å². The van der Waals surface area contributed by atoms with E-state index in [0.717, 1.165) is 0 Å². The molecule has 2 atom stereocenters. The van der Waals surface area contributed by atoms with E-state index < -0.39 is 0 Å². The van der Waals surface area contributed by atoms with Crippen molar-refractivity contribution in [2.45, 2.75) is 12.0 Å². The van der Waals surface area contributed by atoms with Gasteiger partial charge in [0.15, 0.2) is 0 Å². The molecule has 0 saturated heterocycles. The molecule has 2 aliphatic rings. The Hall–Kier alpha value is -6.64. The summed E-state index contributed by atoms with van der Waals surface area (Å²) in [5.41, 5.74) is 12.5. The van der Waals surface area contributed by atoms with Crippen LogP contribution in [0.3, 0.4) is 0 Å². The van der Waals surface area contributed by atoms with Crippen LogP contribution in [0.5, 0.6) is 0 Å². The Bertz CT molecular complexity index is 2910. The molecule has 1 aliphatic carbocycles. The molecule has 11 rings (SSSR count). The van der Waals surface area contributed by atoms with Crippen molar-refractivity contribution in [2.75, 3.05) is 4.90 Å². The highest BCUT2D eigenvalue weighted by molar-refractivity contribution is 6.12. The van der Waals surface area contributed by atoms with Gasteiger partial charge in [0.25, 0.3) is 0 Å². The van der Waals surface area contributed by atoms with E-state index in [1.807, 2.05) is 0 Å². The number of hydrogen-bond donors (Lipinski definition) is 0. The standard InChI is InChI=1S/C50H34N2/c1-3-11-37-31-39(19-17-33(37)9-1)35-21-25-41(26-22-35)51-47-16-8-6-14-45(47)49-48(51)30-29-44-43-13-5-7-15-46(43)52(50(44)49)42-27-23-36(24-28-42)40-20-18-34-10-2-4-12-38(34)32-40/h1-32,45,47H. The summed E-state index contributed by atoms with van der Waals surface area (Å²) < 4.78 is 2.50. The van der Waals surface area contributed by atoms with Crippen molar-refractivity contribution in [2.24, 2.45) is 0 Å². The summed E-state index contributed by atoms with van der Waals surface area (Å²) >= 11 is 0. The zero-order chi connectivity index (χ0) is 34.2. The minimum Gasteiger partial charge on any atom is -0.333 e. The van der Waals surface area contributed by atoms with Crippen LogP contribution in [0.4, 0.5) is 11.4 Å². The molecule has 9 aromatic rings. The quantitative estimate of drug-likeness (QED) is 0.182. The molecule has 52 heavy (non-hydrogen) atoms. The highest BCUT2D eigenvalue weighted by atomic mass is 15.2. The Labute approximate surface area is 302 Å². The van der Waals surface area contributed by atoms with Gasteiger partial charge in [0.1, 0.15) is 0 Å². The average Bonchev–Trinajstić information content (AvgIpc) is 3.74. The third-order valence-corrected chi connectivity index (χ3v) is 11.3. The van der Waals surface area contributed by atoms with E-state index in [1.54, 1.807) is 0 Å². The van der Waals surface area contributed by atoms with Gasteiger partial charge in [-0.05, 0) is 92.3 Å². The Morgan fingerprint density at radius 3 is 1.63 bits per heavy atom. The number of rotatable bonds is 4. The number of benzene rings is 8. The van der Waals surface area contributed by atoms with E-state index in [2.05, 4.69) is 204 Å². The number of hydrogen-bond acceptors (Lipinski definition) is 1. The maximum Gasteiger partial charge on any atom is 0.0630 e. The summed E-state index contributed by atoms with van der Waals surface area (Å²) in [5.74, 6) is 0.226. The van der Waals surface area contributed by atoms with E-state index in [1.165, 1.54) is 88.2 Å². The van der Waals surface area contributed by atoms with Crippen molar-refractivity contribution in [1.29, 1.82) is 0 Å². The molecule has 0 saturated carbocycles. The highest BCUT2D eigenvalue weighted by Crippen LogP contribution is 2.52. The van der Waals surface area contributed by atoms with Crippen LogP contribution in [0.2, 0.25) is 0 Å². The zero-order valence-corrected chi connectivity index (χ0v) is 28.5. The molecule has 0 spiro atoms. The predicted molar refractivity (Wildman–Crippen MR) is 220 cm³/mol. The van der Waals surface area contributed by atoms with E-state index in [4.69, 9.17) is 0 Å². The summed E-state index contributed by atoms with van der Waals surface area (Å²) in [6, 6.07) is 62.7. The van der Waals surface area contributed by atoms with Gasteiger partial charge in [-0.2, -0.15) is 0 Å². The monoisotopic (exact) mass is 662 g/mol. The minimum absolute atomic E-state index is 0.193. The predicted octanol–water partition coefficient (Wildman–Crippen LogP) is 13.2. The third-order valence-electron chi connectivity index (χ3n) is 11.3. The van der Waals surface area contributed by atoms with Gasteiger partial charge in [0, 0.05) is 39.3 Å². The summed E-state index contributed by atoms with van der Waals surface area (Å²) in [4.78, 5) is 2.55. The first-order valence-electron chi connectivity index (χ1n) is 18.2. The van der Waals surface area contributed by atoms with Crippen LogP contribution in [-0.2, 0) is 0 Å². The number of nitrogens with zero attached hydrogens (tertiary/aromatic N) is 2. The lowest BCUT2D eigenvalue weighted by Crippen LogP contribution is -2.28. The summed E-state index contributed by atoms with van der Waals surface area (Å²) in [6.45, 7) is 0. The fraction of sp³-hybridized carbons (Fsp3) is 0.0400. The van der Waals surface area contributed by atoms with Gasteiger partial charge in [-0.15, -0.1) is 0 Å². The number of anilines is 2. The molecule has 2 unspecified atom stereocenters. The van der Waals surface area contributed by atoms with Crippen LogP contribution >= 0.6 is 0 Å². The molecule has 0 N–H and O–H groups in total. The Morgan fingerprint density at radius 1 is 0.404 bits per heavy atom. The topological polar surface area (TPSA) is 8.17 Å². The molecule has 1 aliphatic heterocycles. The second-order valence-corrected chi connectivity index (χ2v) is 14.1. The maximum absolute atomic E-state index is 2.55. The van der Waals surface area contributed by atoms with Crippen LogP contribution in [0.25, 0.3) is 71.3 Å². The van der Waals surface area contributed by atoms with Gasteiger partial charge in [-0.1, -0.05) is 146 Å². The maximum atomic E-state index is 2.55. The first kappa shape index (κ1) is 29.1. The molecule has 0 radical (unpaired) electrons. The van der Waals surface area contributed by atoms with Crippen molar-refractivity contribution in [1.82, 2.24) is 4.57 Å². The van der Waals surface area contributed by atoms with E-state index >= 15 is 0 Å². The second kappa shape index (κ2) is 11.4. The first-order chi connectivity index (χ1) is 25.8. The molecular formula is C50H34N2. The van der Waals surface area contributed by atoms with Crippen LogP contribution in [-0.4, -0.2) is 10.6 Å². The summed E-state index contributed by atoms with van der Waals surface area (Å²) in [5, 5.41) is 7.64. The smallest absolute Gasteiger partial charge is 0.0630 e. The third kappa shape index (κ3) is 4.44. The SMILES string of the molecule is C1=CC2c3c(ccc4c5ccccc5n(-c5ccc(-c6ccc7ccccc7c6)cc5)c34)N(c3ccc(-c4ccc5ccccc5c4)cc3)C2C=C1. The molecule has 0 amide bonds. The molecule has 0 fully saturated rings. The lowest BCUT2D eigenvalue weighted by atomic mass is 9.90. The lowest BCUT2D eigenvalue weighted by molar-refractivity contribution is 0.746. The van der Waals surface area contributed by atoms with E-state index in [0.29, 0.717) is 0 Å². The van der Waals surface area contributed by atoms with Crippen molar-refractivity contribution in [3.05, 3.63) is 200 Å². The summed E-state index contributed by atoms with van der Waals surface area (Å²) in [7, 11) is 0. The number of para-hydroxylation sites is 1. The minimum atomic E-state index is 0.193. The molecular weight excluding hydrogens is 629 g/mol. The Kier molecular flexibility index (Phi) is 6.41. The molecule has 2 heteroatoms. The van der Waals surface area contributed by atoms with Crippen LogP contribution in [0.15, 0.2) is 194 Å². The van der Waals surface area contributed by atoms with Gasteiger partial charge < -0.3 is 9.47 Å². The van der Waals surface area contributed by atoms with Gasteiger partial charge in [-0.25, -0.2) is 0 Å². The van der Waals surface area contributed by atoms with Crippen molar-refractivity contribution < 1.29 is 0 Å². The van der Waals surface area contributed by atoms with Gasteiger partial charge in [-0.3, -0.25) is 0 Å². The fourth-order valence-electron chi connectivity index (χ4n) is 8.82. The highest BCUT2D eigenvalue weighted by Gasteiger charge is 2.40. The first-order valence-corrected chi connectivity index (χ1v) is 18.2. The number of allylic oxidation sites excluding steroid dienone is 2. The molecule has 2 heterocycles. The van der Waals surface area contributed by atoms with E-state index in [-0.39, 0.29) is 12.0 Å². The second-order valence-electron chi connectivity index (χ2n) is 14.1. The van der Waals surface area contributed by atoms with Crippen molar-refractivity contribution in [3.8, 4) is 27.9 Å². The van der Waals surface area contributed by atoms with Gasteiger partial charge >= 0.3 is 0 Å². The van der Waals surface area contributed by atoms with Crippen molar-refractivity contribution >= 4 is 54.7 Å². The largest absolute Gasteiger partial charge is 0.333 e. The van der Waals surface area contributed by atoms with Gasteiger partial charge in [0.05, 0.1) is 17.1 Å². The Balaban J connectivity index is 1.05. The molecule has 8 aromatic carbocycles. The van der Waals surface area contributed by atoms with Crippen molar-refractivity contribution in [3.63, 3.8) is 0 Å².